The first-order chi connectivity index (χ1) is 17.6. The van der Waals surface area contributed by atoms with Crippen molar-refractivity contribution in [2.75, 3.05) is 41.9 Å². The summed E-state index contributed by atoms with van der Waals surface area (Å²) in [5, 5.41) is 4.73. The molecule has 0 radical (unpaired) electrons. The largest absolute Gasteiger partial charge is 0.378 e. The second-order valence-corrected chi connectivity index (χ2v) is 8.59. The molecule has 1 unspecified atom stereocenters. The number of hydrogen-bond donors (Lipinski definition) is 2. The number of anilines is 3. The first-order valence-electron chi connectivity index (χ1n) is 11.8. The molecule has 5 rings (SSSR count). The number of hydrazine groups is 1. The number of ether oxygens (including phenoxy) is 1. The van der Waals surface area contributed by atoms with E-state index >= 15 is 0 Å². The average molecular weight is 487 g/mol. The van der Waals surface area contributed by atoms with Crippen molar-refractivity contribution in [1.82, 2.24) is 15.0 Å². The first-order valence-corrected chi connectivity index (χ1v) is 11.8. The van der Waals surface area contributed by atoms with E-state index in [2.05, 4.69) is 25.6 Å². The Balaban J connectivity index is 1.41. The molecule has 2 aromatic heterocycles. The SMILES string of the molecule is CC(F)=CC(=O)Nc1cccc(C2c3ccncc3C=CN2Nc2ccc(N3CCOCC3)nc2)c1. The van der Waals surface area contributed by atoms with Crippen LogP contribution in [0.3, 0.4) is 0 Å². The van der Waals surface area contributed by atoms with Crippen molar-refractivity contribution in [3.63, 3.8) is 0 Å². The summed E-state index contributed by atoms with van der Waals surface area (Å²) in [6.07, 6.45) is 10.3. The molecule has 8 nitrogen and oxygen atoms in total. The number of fused-ring (bicyclic) bond motifs is 1. The lowest BCUT2D eigenvalue weighted by atomic mass is 9.93. The smallest absolute Gasteiger partial charge is 0.250 e. The molecule has 1 atom stereocenters. The fourth-order valence-corrected chi connectivity index (χ4v) is 4.37. The number of morpholine rings is 1. The lowest BCUT2D eigenvalue weighted by Gasteiger charge is -2.36. The van der Waals surface area contributed by atoms with Crippen LogP contribution in [0.4, 0.5) is 21.6 Å². The summed E-state index contributed by atoms with van der Waals surface area (Å²) in [5.41, 5.74) is 7.88. The Bertz CT molecular complexity index is 1280. The van der Waals surface area contributed by atoms with Gasteiger partial charge in [0.05, 0.1) is 25.1 Å². The minimum absolute atomic E-state index is 0.206. The van der Waals surface area contributed by atoms with Crippen LogP contribution in [-0.4, -0.2) is 47.2 Å². The molecule has 0 saturated carbocycles. The lowest BCUT2D eigenvalue weighted by Crippen LogP contribution is -2.36. The van der Waals surface area contributed by atoms with Gasteiger partial charge in [0, 0.05) is 43.4 Å². The van der Waals surface area contributed by atoms with E-state index in [1.54, 1.807) is 12.3 Å². The predicted molar refractivity (Wildman–Crippen MR) is 138 cm³/mol. The van der Waals surface area contributed by atoms with Crippen LogP contribution >= 0.6 is 0 Å². The van der Waals surface area contributed by atoms with Crippen molar-refractivity contribution >= 4 is 29.2 Å². The Kier molecular flexibility index (Phi) is 6.90. The van der Waals surface area contributed by atoms with Crippen LogP contribution < -0.4 is 15.6 Å². The summed E-state index contributed by atoms with van der Waals surface area (Å²) in [5.74, 6) is -0.139. The molecule has 2 N–H and O–H groups in total. The third kappa shape index (κ3) is 5.36. The van der Waals surface area contributed by atoms with Crippen LogP contribution in [0, 0.1) is 0 Å². The summed E-state index contributed by atoms with van der Waals surface area (Å²) in [6, 6.07) is 13.3. The monoisotopic (exact) mass is 486 g/mol. The Labute approximate surface area is 209 Å². The summed E-state index contributed by atoms with van der Waals surface area (Å²) >= 11 is 0. The minimum atomic E-state index is -0.550. The van der Waals surface area contributed by atoms with Gasteiger partial charge >= 0.3 is 0 Å². The highest BCUT2D eigenvalue weighted by Crippen LogP contribution is 2.36. The number of halogens is 1. The second kappa shape index (κ2) is 10.6. The number of aromatic nitrogens is 2. The number of amides is 1. The molecule has 1 amide bonds. The summed E-state index contributed by atoms with van der Waals surface area (Å²) in [7, 11) is 0. The molecule has 184 valence electrons. The Morgan fingerprint density at radius 3 is 2.78 bits per heavy atom. The number of allylic oxidation sites excluding steroid dienone is 1. The molecule has 3 aromatic rings. The number of hydrogen-bond acceptors (Lipinski definition) is 7. The highest BCUT2D eigenvalue weighted by atomic mass is 19.1. The van der Waals surface area contributed by atoms with Gasteiger partial charge in [-0.05, 0) is 60.0 Å². The van der Waals surface area contributed by atoms with Gasteiger partial charge in [-0.15, -0.1) is 0 Å². The van der Waals surface area contributed by atoms with E-state index in [4.69, 9.17) is 4.74 Å². The van der Waals surface area contributed by atoms with Crippen molar-refractivity contribution in [2.24, 2.45) is 0 Å². The molecule has 1 fully saturated rings. The topological polar surface area (TPSA) is 82.6 Å². The zero-order valence-corrected chi connectivity index (χ0v) is 19.9. The van der Waals surface area contributed by atoms with Crippen LogP contribution in [0.25, 0.3) is 6.08 Å². The third-order valence-corrected chi connectivity index (χ3v) is 6.02. The van der Waals surface area contributed by atoms with Gasteiger partial charge in [0.2, 0.25) is 0 Å². The van der Waals surface area contributed by atoms with Crippen molar-refractivity contribution in [3.05, 3.63) is 95.8 Å². The Morgan fingerprint density at radius 2 is 2.00 bits per heavy atom. The molecule has 0 spiro atoms. The molecule has 1 aromatic carbocycles. The van der Waals surface area contributed by atoms with Gasteiger partial charge < -0.3 is 15.0 Å². The van der Waals surface area contributed by atoms with E-state index in [1.807, 2.05) is 66.1 Å². The van der Waals surface area contributed by atoms with E-state index in [0.29, 0.717) is 18.9 Å². The summed E-state index contributed by atoms with van der Waals surface area (Å²) in [4.78, 5) is 23.2. The normalized spacial score (nSPS) is 17.5. The highest BCUT2D eigenvalue weighted by Gasteiger charge is 2.26. The highest BCUT2D eigenvalue weighted by molar-refractivity contribution is 5.99. The number of benzene rings is 1. The number of nitrogens with zero attached hydrogens (tertiary/aromatic N) is 4. The van der Waals surface area contributed by atoms with E-state index in [9.17, 15) is 9.18 Å². The molecule has 9 heteroatoms. The standard InChI is InChI=1S/C27H27FN6O2/c1-19(28)15-26(35)31-22-4-2-3-20(16-22)27-24-7-9-29-17-21(24)8-10-34(27)32-23-5-6-25(30-18-23)33-11-13-36-14-12-33/h2-10,15-18,27,32H,11-14H2,1H3,(H,31,35). The van der Waals surface area contributed by atoms with E-state index < -0.39 is 11.7 Å². The molecule has 4 heterocycles. The maximum Gasteiger partial charge on any atom is 0.250 e. The molecule has 2 aliphatic rings. The van der Waals surface area contributed by atoms with Crippen LogP contribution in [0.1, 0.15) is 29.7 Å². The first kappa shape index (κ1) is 23.5. The number of carbonyl (C=O) groups excluding carboxylic acids is 1. The van der Waals surface area contributed by atoms with Gasteiger partial charge in [0.25, 0.3) is 5.91 Å². The number of pyridine rings is 2. The zero-order valence-electron chi connectivity index (χ0n) is 19.9. The molecular weight excluding hydrogens is 459 g/mol. The van der Waals surface area contributed by atoms with Crippen molar-refractivity contribution in [3.8, 4) is 0 Å². The fraction of sp³-hybridized carbons (Fsp3) is 0.222. The Hall–Kier alpha value is -4.24. The molecule has 0 aliphatic carbocycles. The van der Waals surface area contributed by atoms with Gasteiger partial charge in [-0.25, -0.2) is 9.37 Å². The molecular formula is C27H27FN6O2. The third-order valence-electron chi connectivity index (χ3n) is 6.02. The molecule has 0 bridgehead atoms. The van der Waals surface area contributed by atoms with Crippen molar-refractivity contribution in [2.45, 2.75) is 13.0 Å². The van der Waals surface area contributed by atoms with E-state index in [1.165, 1.54) is 6.92 Å². The number of nitrogens with one attached hydrogen (secondary N) is 2. The van der Waals surface area contributed by atoms with Crippen LogP contribution in [0.2, 0.25) is 0 Å². The van der Waals surface area contributed by atoms with Crippen LogP contribution in [0.15, 0.2) is 79.2 Å². The summed E-state index contributed by atoms with van der Waals surface area (Å²) < 4.78 is 18.6. The maximum atomic E-state index is 13.1. The van der Waals surface area contributed by atoms with Gasteiger partial charge in [-0.3, -0.25) is 20.2 Å². The molecule has 2 aliphatic heterocycles. The van der Waals surface area contributed by atoms with Crippen molar-refractivity contribution in [1.29, 1.82) is 0 Å². The van der Waals surface area contributed by atoms with E-state index in [-0.39, 0.29) is 6.04 Å². The van der Waals surface area contributed by atoms with Gasteiger partial charge in [0.1, 0.15) is 17.7 Å². The lowest BCUT2D eigenvalue weighted by molar-refractivity contribution is -0.112. The van der Waals surface area contributed by atoms with Crippen LogP contribution in [-0.2, 0) is 9.53 Å². The quantitative estimate of drug-likeness (QED) is 0.496. The predicted octanol–water partition coefficient (Wildman–Crippen LogP) is 4.53. The van der Waals surface area contributed by atoms with E-state index in [0.717, 1.165) is 47.4 Å². The van der Waals surface area contributed by atoms with Gasteiger partial charge in [-0.2, -0.15) is 0 Å². The zero-order chi connectivity index (χ0) is 24.9. The van der Waals surface area contributed by atoms with Gasteiger partial charge in [-0.1, -0.05) is 12.1 Å². The molecule has 36 heavy (non-hydrogen) atoms. The number of rotatable bonds is 6. The number of carbonyl (C=O) groups is 1. The average Bonchev–Trinajstić information content (AvgIpc) is 2.89. The minimum Gasteiger partial charge on any atom is -0.378 e. The van der Waals surface area contributed by atoms with Gasteiger partial charge in [0.15, 0.2) is 0 Å². The molecule has 1 saturated heterocycles. The summed E-state index contributed by atoms with van der Waals surface area (Å²) in [6.45, 7) is 4.31. The fourth-order valence-electron chi connectivity index (χ4n) is 4.37. The van der Waals surface area contributed by atoms with Crippen molar-refractivity contribution < 1.29 is 13.9 Å². The second-order valence-electron chi connectivity index (χ2n) is 8.59. The Morgan fingerprint density at radius 1 is 1.14 bits per heavy atom. The van der Waals surface area contributed by atoms with Crippen LogP contribution in [0.5, 0.6) is 0 Å². The maximum absolute atomic E-state index is 13.1.